The van der Waals surface area contributed by atoms with Crippen molar-refractivity contribution in [3.8, 4) is 17.2 Å². The lowest BCUT2D eigenvalue weighted by Gasteiger charge is -2.35. The van der Waals surface area contributed by atoms with Crippen molar-refractivity contribution < 1.29 is 18.3 Å². The molecular formula is C33H32F2N4O2. The summed E-state index contributed by atoms with van der Waals surface area (Å²) in [6, 6.07) is 16.9. The van der Waals surface area contributed by atoms with Gasteiger partial charge in [0.15, 0.2) is 5.78 Å². The largest absolute Gasteiger partial charge is 0.457 e. The third-order valence-electron chi connectivity index (χ3n) is 8.12. The highest BCUT2D eigenvalue weighted by Gasteiger charge is 2.28. The fraction of sp³-hybridized carbons (Fsp3) is 0.273. The first-order valence-electron chi connectivity index (χ1n) is 14.0. The molecule has 3 aromatic carbocycles. The number of rotatable bonds is 7. The average molecular weight is 555 g/mol. The fourth-order valence-electron chi connectivity index (χ4n) is 5.80. The van der Waals surface area contributed by atoms with Crippen molar-refractivity contribution in [3.63, 3.8) is 0 Å². The Bertz CT molecular complexity index is 1630. The number of nitrogens with zero attached hydrogens (tertiary/aromatic N) is 3. The van der Waals surface area contributed by atoms with Gasteiger partial charge in [-0.1, -0.05) is 12.1 Å². The number of allylic oxidation sites excluding steroid dienone is 1. The molecule has 2 aliphatic rings. The van der Waals surface area contributed by atoms with Crippen LogP contribution in [0, 0.1) is 11.6 Å². The number of ketones is 1. The van der Waals surface area contributed by atoms with Crippen LogP contribution in [0.5, 0.6) is 11.5 Å². The number of halogens is 2. The van der Waals surface area contributed by atoms with E-state index in [4.69, 9.17) is 10.5 Å². The van der Waals surface area contributed by atoms with Gasteiger partial charge < -0.3 is 15.4 Å². The first-order chi connectivity index (χ1) is 19.8. The summed E-state index contributed by atoms with van der Waals surface area (Å²) >= 11 is 0. The van der Waals surface area contributed by atoms with E-state index in [1.807, 2.05) is 6.07 Å². The van der Waals surface area contributed by atoms with Gasteiger partial charge in [0.05, 0.1) is 17.4 Å². The van der Waals surface area contributed by atoms with E-state index in [1.54, 1.807) is 48.5 Å². The molecule has 1 saturated heterocycles. The maximum absolute atomic E-state index is 15.2. The average Bonchev–Trinajstić information content (AvgIpc) is 3.56. The molecule has 2 N–H and O–H groups in total. The number of benzene rings is 3. The van der Waals surface area contributed by atoms with Crippen LogP contribution in [-0.4, -0.2) is 39.6 Å². The summed E-state index contributed by atoms with van der Waals surface area (Å²) in [5, 5.41) is 4.35. The van der Waals surface area contributed by atoms with Gasteiger partial charge in [-0.25, -0.2) is 13.5 Å². The number of hydrogen-bond acceptors (Lipinski definition) is 5. The number of hydrogen-bond donors (Lipinski definition) is 1. The molecule has 6 nitrogen and oxygen atoms in total. The number of anilines is 1. The third-order valence-corrected chi connectivity index (χ3v) is 8.12. The van der Waals surface area contributed by atoms with Crippen molar-refractivity contribution in [3.05, 3.63) is 106 Å². The lowest BCUT2D eigenvalue weighted by molar-refractivity contribution is 0.103. The minimum atomic E-state index is -0.381. The quantitative estimate of drug-likeness (QED) is 0.251. The van der Waals surface area contributed by atoms with Crippen molar-refractivity contribution in [1.29, 1.82) is 0 Å². The molecule has 0 bridgehead atoms. The van der Waals surface area contributed by atoms with E-state index in [0.717, 1.165) is 42.6 Å². The van der Waals surface area contributed by atoms with E-state index < -0.39 is 0 Å². The molecule has 0 atom stereocenters. The molecule has 0 amide bonds. The van der Waals surface area contributed by atoms with Crippen molar-refractivity contribution in [2.24, 2.45) is 0 Å². The molecule has 1 aliphatic carbocycles. The molecule has 41 heavy (non-hydrogen) atoms. The molecular weight excluding hydrogens is 522 g/mol. The minimum Gasteiger partial charge on any atom is -0.457 e. The fourth-order valence-corrected chi connectivity index (χ4v) is 5.80. The number of likely N-dealkylation sites (tertiary alicyclic amines) is 1. The number of nitrogens with two attached hydrogens (primary N) is 1. The van der Waals surface area contributed by atoms with Crippen LogP contribution >= 0.6 is 0 Å². The highest BCUT2D eigenvalue weighted by atomic mass is 19.1. The summed E-state index contributed by atoms with van der Waals surface area (Å²) < 4.78 is 35.8. The van der Waals surface area contributed by atoms with E-state index >= 15 is 4.39 Å². The van der Waals surface area contributed by atoms with Crippen LogP contribution in [0.25, 0.3) is 11.8 Å². The van der Waals surface area contributed by atoms with E-state index in [-0.39, 0.29) is 29.2 Å². The number of carbonyl (C=O) groups is 1. The van der Waals surface area contributed by atoms with Crippen LogP contribution < -0.4 is 10.5 Å². The van der Waals surface area contributed by atoms with Crippen LogP contribution in [0.3, 0.4) is 0 Å². The SMILES string of the molecule is CC(C)N1CCC(c2cc3c(cc2F)C=C(C(=O)c2cnn(-c4ccc(Oc5cccc(F)c5)cc4)c2N)C3)CC1. The van der Waals surface area contributed by atoms with Gasteiger partial charge in [-0.05, 0) is 111 Å². The predicted molar refractivity (Wildman–Crippen MR) is 156 cm³/mol. The third kappa shape index (κ3) is 5.39. The highest BCUT2D eigenvalue weighted by molar-refractivity contribution is 6.15. The molecule has 1 aromatic heterocycles. The standard InChI is InChI=1S/C33H32F2N4O2/c1-20(2)38-12-10-21(11-13-38)29-16-22-14-24(15-23(22)17-31(29)35)32(40)30-19-37-39(33(30)36)26-6-8-27(9-7-26)41-28-5-3-4-25(34)18-28/h3-9,15-21H,10-14,36H2,1-2H3. The highest BCUT2D eigenvalue weighted by Crippen LogP contribution is 2.36. The van der Waals surface area contributed by atoms with Crippen LogP contribution in [0.2, 0.25) is 0 Å². The molecule has 210 valence electrons. The Morgan fingerprint density at radius 3 is 2.49 bits per heavy atom. The zero-order chi connectivity index (χ0) is 28.7. The van der Waals surface area contributed by atoms with Gasteiger partial charge in [0.25, 0.3) is 0 Å². The summed E-state index contributed by atoms with van der Waals surface area (Å²) in [5.74, 6) is 0.515. The van der Waals surface area contributed by atoms with Crippen LogP contribution in [0.4, 0.5) is 14.6 Å². The summed E-state index contributed by atoms with van der Waals surface area (Å²) in [6.45, 7) is 6.32. The zero-order valence-corrected chi connectivity index (χ0v) is 23.1. The molecule has 2 heterocycles. The van der Waals surface area contributed by atoms with E-state index in [1.165, 1.54) is 23.0 Å². The Labute approximate surface area is 238 Å². The van der Waals surface area contributed by atoms with Crippen molar-refractivity contribution in [2.45, 2.75) is 45.1 Å². The maximum atomic E-state index is 15.2. The lowest BCUT2D eigenvalue weighted by atomic mass is 9.87. The second kappa shape index (κ2) is 10.9. The van der Waals surface area contributed by atoms with Gasteiger partial charge in [0, 0.05) is 24.1 Å². The summed E-state index contributed by atoms with van der Waals surface area (Å²) in [5.41, 5.74) is 10.4. The topological polar surface area (TPSA) is 73.4 Å². The van der Waals surface area contributed by atoms with Crippen molar-refractivity contribution >= 4 is 17.7 Å². The molecule has 1 fully saturated rings. The van der Waals surface area contributed by atoms with Gasteiger partial charge in [-0.3, -0.25) is 4.79 Å². The van der Waals surface area contributed by atoms with Crippen LogP contribution in [0.1, 0.15) is 59.7 Å². The monoisotopic (exact) mass is 554 g/mol. The minimum absolute atomic E-state index is 0.189. The molecule has 0 radical (unpaired) electrons. The number of fused-ring (bicyclic) bond motifs is 1. The maximum Gasteiger partial charge on any atom is 0.194 e. The Kier molecular flexibility index (Phi) is 7.17. The van der Waals surface area contributed by atoms with E-state index in [0.29, 0.717) is 40.8 Å². The van der Waals surface area contributed by atoms with Crippen LogP contribution in [-0.2, 0) is 6.42 Å². The van der Waals surface area contributed by atoms with Gasteiger partial charge in [0.2, 0.25) is 0 Å². The molecule has 4 aromatic rings. The smallest absolute Gasteiger partial charge is 0.194 e. The Morgan fingerprint density at radius 1 is 1.02 bits per heavy atom. The number of nitrogen functional groups attached to an aromatic ring is 1. The first kappa shape index (κ1) is 26.9. The number of Topliss-reactive ketones (excluding diaryl/α,β-unsaturated/α-hetero) is 1. The Balaban J connectivity index is 1.16. The molecule has 0 unspecified atom stereocenters. The van der Waals surface area contributed by atoms with Crippen molar-refractivity contribution in [2.75, 3.05) is 18.8 Å². The predicted octanol–water partition coefficient (Wildman–Crippen LogP) is 6.94. The molecule has 0 saturated carbocycles. The summed E-state index contributed by atoms with van der Waals surface area (Å²) in [4.78, 5) is 15.9. The van der Waals surface area contributed by atoms with Gasteiger partial charge >= 0.3 is 0 Å². The molecule has 6 rings (SSSR count). The lowest BCUT2D eigenvalue weighted by Crippen LogP contribution is -2.38. The second-order valence-corrected chi connectivity index (χ2v) is 11.1. The summed E-state index contributed by atoms with van der Waals surface area (Å²) in [7, 11) is 0. The van der Waals surface area contributed by atoms with Gasteiger partial charge in [-0.15, -0.1) is 0 Å². The Morgan fingerprint density at radius 2 is 1.78 bits per heavy atom. The molecule has 0 spiro atoms. The first-order valence-corrected chi connectivity index (χ1v) is 14.0. The number of ether oxygens (including phenoxy) is 1. The zero-order valence-electron chi connectivity index (χ0n) is 23.1. The Hall–Kier alpha value is -4.30. The normalized spacial score (nSPS) is 15.7. The number of aromatic nitrogens is 2. The number of piperidine rings is 1. The number of carbonyl (C=O) groups excluding carboxylic acids is 1. The van der Waals surface area contributed by atoms with Gasteiger partial charge in [0.1, 0.15) is 29.0 Å². The van der Waals surface area contributed by atoms with Crippen molar-refractivity contribution in [1.82, 2.24) is 14.7 Å². The summed E-state index contributed by atoms with van der Waals surface area (Å²) in [6.07, 6.45) is 5.53. The molecule has 1 aliphatic heterocycles. The van der Waals surface area contributed by atoms with E-state index in [2.05, 4.69) is 23.8 Å². The second-order valence-electron chi connectivity index (χ2n) is 11.1. The van der Waals surface area contributed by atoms with Crippen LogP contribution in [0.15, 0.2) is 72.4 Å². The van der Waals surface area contributed by atoms with E-state index in [9.17, 15) is 9.18 Å². The molecule has 8 heteroatoms. The van der Waals surface area contributed by atoms with Gasteiger partial charge in [-0.2, -0.15) is 5.10 Å².